The summed E-state index contributed by atoms with van der Waals surface area (Å²) >= 11 is 0. The van der Waals surface area contributed by atoms with Crippen LogP contribution in [0, 0.1) is 0 Å². The molecule has 0 saturated carbocycles. The van der Waals surface area contributed by atoms with Crippen molar-refractivity contribution in [3.8, 4) is 22.8 Å². The molecule has 12 heteroatoms. The van der Waals surface area contributed by atoms with Crippen molar-refractivity contribution in [2.24, 2.45) is 0 Å². The Morgan fingerprint density at radius 1 is 0.857 bits per heavy atom. The number of carbonyl (C=O) groups excluding carboxylic acids is 1. The van der Waals surface area contributed by atoms with Crippen LogP contribution in [0.15, 0.2) is 54.6 Å². The van der Waals surface area contributed by atoms with Crippen LogP contribution in [-0.2, 0) is 17.1 Å². The molecule has 1 saturated heterocycles. The second-order valence-corrected chi connectivity index (χ2v) is 7.87. The lowest BCUT2D eigenvalue weighted by Gasteiger charge is -2.22. The Morgan fingerprint density at radius 3 is 1.89 bits per heavy atom. The minimum absolute atomic E-state index is 0.0454. The van der Waals surface area contributed by atoms with Gasteiger partial charge in [0.25, 0.3) is 5.91 Å². The standard InChI is InChI=1S/C23H19F6N5O/c1-32-12-2-13-34(32)19(35)11-14-33-21(16-5-9-18(10-6-16)23(27,28)29)30-20(31-33)15-3-7-17(8-4-15)22(24,25)26/h3-11,14H,2,12-13H2,1H3/b14-11-. The molecule has 6 nitrogen and oxygen atoms in total. The highest BCUT2D eigenvalue weighted by molar-refractivity contribution is 5.90. The molecule has 3 aromatic rings. The summed E-state index contributed by atoms with van der Waals surface area (Å²) in [5.74, 6) is -0.161. The van der Waals surface area contributed by atoms with Crippen LogP contribution in [0.5, 0.6) is 0 Å². The Bertz CT molecular complexity index is 1230. The number of carbonyl (C=O) groups is 1. The van der Waals surface area contributed by atoms with Gasteiger partial charge >= 0.3 is 12.4 Å². The Hall–Kier alpha value is -3.67. The summed E-state index contributed by atoms with van der Waals surface area (Å²) in [5, 5.41) is 7.56. The molecule has 2 heterocycles. The van der Waals surface area contributed by atoms with Gasteiger partial charge in [-0.1, -0.05) is 24.3 Å². The fourth-order valence-corrected chi connectivity index (χ4v) is 3.60. The third kappa shape index (κ3) is 5.37. The maximum atomic E-state index is 13.0. The molecule has 184 valence electrons. The number of hydrogen-bond donors (Lipinski definition) is 0. The summed E-state index contributed by atoms with van der Waals surface area (Å²) in [6.07, 6.45) is -5.65. The first kappa shape index (κ1) is 24.5. The van der Waals surface area contributed by atoms with Crippen molar-refractivity contribution in [2.75, 3.05) is 20.1 Å². The lowest BCUT2D eigenvalue weighted by molar-refractivity contribution is -0.138. The molecule has 1 aliphatic heterocycles. The Balaban J connectivity index is 1.71. The molecular weight excluding hydrogens is 476 g/mol. The summed E-state index contributed by atoms with van der Waals surface area (Å²) in [6, 6.07) is 8.38. The minimum Gasteiger partial charge on any atom is -0.272 e. The Kier molecular flexibility index (Phi) is 6.41. The minimum atomic E-state index is -4.52. The highest BCUT2D eigenvalue weighted by atomic mass is 19.4. The first-order valence-electron chi connectivity index (χ1n) is 10.5. The fraction of sp³-hybridized carbons (Fsp3) is 0.261. The zero-order chi connectivity index (χ0) is 25.4. The van der Waals surface area contributed by atoms with Gasteiger partial charge in [0.05, 0.1) is 11.1 Å². The second kappa shape index (κ2) is 9.17. The molecule has 0 spiro atoms. The van der Waals surface area contributed by atoms with Crippen molar-refractivity contribution < 1.29 is 31.1 Å². The lowest BCUT2D eigenvalue weighted by atomic mass is 10.1. The number of rotatable bonds is 4. The van der Waals surface area contributed by atoms with Gasteiger partial charge < -0.3 is 0 Å². The molecule has 0 N–H and O–H groups in total. The Morgan fingerprint density at radius 2 is 1.40 bits per heavy atom. The van der Waals surface area contributed by atoms with Crippen molar-refractivity contribution in [2.45, 2.75) is 18.8 Å². The van der Waals surface area contributed by atoms with Crippen LogP contribution in [0.4, 0.5) is 26.3 Å². The summed E-state index contributed by atoms with van der Waals surface area (Å²) < 4.78 is 78.8. The van der Waals surface area contributed by atoms with E-state index in [0.717, 1.165) is 37.2 Å². The van der Waals surface area contributed by atoms with Crippen molar-refractivity contribution in [3.05, 3.63) is 65.7 Å². The topological polar surface area (TPSA) is 54.3 Å². The number of halogens is 6. The van der Waals surface area contributed by atoms with Crippen LogP contribution >= 0.6 is 0 Å². The van der Waals surface area contributed by atoms with Crippen molar-refractivity contribution >= 4 is 12.1 Å². The average molecular weight is 495 g/mol. The van der Waals surface area contributed by atoms with Crippen LogP contribution in [0.1, 0.15) is 17.5 Å². The largest absolute Gasteiger partial charge is 0.416 e. The first-order chi connectivity index (χ1) is 16.4. The highest BCUT2D eigenvalue weighted by Crippen LogP contribution is 2.33. The zero-order valence-corrected chi connectivity index (χ0v) is 18.3. The fourth-order valence-electron chi connectivity index (χ4n) is 3.60. The van der Waals surface area contributed by atoms with Gasteiger partial charge in [0, 0.05) is 43.5 Å². The number of alkyl halides is 6. The predicted octanol–water partition coefficient (Wildman–Crippen LogP) is 5.20. The monoisotopic (exact) mass is 495 g/mol. The molecule has 0 unspecified atom stereocenters. The molecule has 1 aromatic heterocycles. The Labute approximate surface area is 196 Å². The normalized spacial score (nSPS) is 15.3. The number of hydrazine groups is 1. The van der Waals surface area contributed by atoms with Gasteiger partial charge in [-0.05, 0) is 30.7 Å². The van der Waals surface area contributed by atoms with Crippen LogP contribution < -0.4 is 0 Å². The molecule has 0 bridgehead atoms. The summed E-state index contributed by atoms with van der Waals surface area (Å²) in [4.78, 5) is 16.9. The third-order valence-corrected chi connectivity index (χ3v) is 5.45. The molecule has 0 radical (unpaired) electrons. The molecule has 35 heavy (non-hydrogen) atoms. The highest BCUT2D eigenvalue weighted by Gasteiger charge is 2.31. The van der Waals surface area contributed by atoms with E-state index in [-0.39, 0.29) is 28.7 Å². The van der Waals surface area contributed by atoms with E-state index in [1.54, 1.807) is 12.1 Å². The van der Waals surface area contributed by atoms with Gasteiger partial charge in [0.1, 0.15) is 0 Å². The summed E-state index contributed by atoms with van der Waals surface area (Å²) in [7, 11) is 1.77. The number of nitrogens with zero attached hydrogens (tertiary/aromatic N) is 5. The van der Waals surface area contributed by atoms with Crippen LogP contribution in [0.25, 0.3) is 29.0 Å². The SMILES string of the molecule is CN1CCCN1C(=O)/C=C\n1nc(-c2ccc(C(F)(F)F)cc2)nc1-c1ccc(C(F)(F)F)cc1. The van der Waals surface area contributed by atoms with E-state index >= 15 is 0 Å². The van der Waals surface area contributed by atoms with Gasteiger partial charge in [-0.15, -0.1) is 5.10 Å². The van der Waals surface area contributed by atoms with Crippen LogP contribution in [0.3, 0.4) is 0 Å². The second-order valence-electron chi connectivity index (χ2n) is 7.87. The molecule has 1 amide bonds. The lowest BCUT2D eigenvalue weighted by Crippen LogP contribution is -2.37. The van der Waals surface area contributed by atoms with E-state index in [2.05, 4.69) is 10.1 Å². The third-order valence-electron chi connectivity index (χ3n) is 5.45. The quantitative estimate of drug-likeness (QED) is 0.369. The first-order valence-corrected chi connectivity index (χ1v) is 10.5. The van der Waals surface area contributed by atoms with E-state index < -0.39 is 23.5 Å². The molecule has 4 rings (SSSR count). The van der Waals surface area contributed by atoms with Gasteiger partial charge in [-0.25, -0.2) is 14.7 Å². The summed E-state index contributed by atoms with van der Waals surface area (Å²) in [6.45, 7) is 1.26. The molecular formula is C23H19F6N5O. The number of benzene rings is 2. The maximum Gasteiger partial charge on any atom is 0.416 e. The van der Waals surface area contributed by atoms with Gasteiger partial charge in [-0.2, -0.15) is 26.3 Å². The predicted molar refractivity (Wildman–Crippen MR) is 115 cm³/mol. The maximum absolute atomic E-state index is 13.0. The van der Waals surface area contributed by atoms with Gasteiger partial charge in [0.15, 0.2) is 11.6 Å². The number of amides is 1. The molecule has 1 fully saturated rings. The van der Waals surface area contributed by atoms with Crippen LogP contribution in [0.2, 0.25) is 0 Å². The zero-order valence-electron chi connectivity index (χ0n) is 18.3. The van der Waals surface area contributed by atoms with E-state index in [1.807, 2.05) is 0 Å². The van der Waals surface area contributed by atoms with Crippen molar-refractivity contribution in [1.82, 2.24) is 24.8 Å². The molecule has 2 aromatic carbocycles. The van der Waals surface area contributed by atoms with E-state index in [4.69, 9.17) is 0 Å². The van der Waals surface area contributed by atoms with E-state index in [9.17, 15) is 31.1 Å². The number of aromatic nitrogens is 3. The molecule has 1 aliphatic rings. The summed E-state index contributed by atoms with van der Waals surface area (Å²) in [5.41, 5.74) is -1.15. The van der Waals surface area contributed by atoms with E-state index in [1.165, 1.54) is 46.2 Å². The smallest absolute Gasteiger partial charge is 0.272 e. The number of hydrogen-bond acceptors (Lipinski definition) is 4. The van der Waals surface area contributed by atoms with Crippen molar-refractivity contribution in [3.63, 3.8) is 0 Å². The van der Waals surface area contributed by atoms with Crippen LogP contribution in [-0.4, -0.2) is 50.8 Å². The van der Waals surface area contributed by atoms with Gasteiger partial charge in [0.2, 0.25) is 0 Å². The van der Waals surface area contributed by atoms with Gasteiger partial charge in [-0.3, -0.25) is 9.80 Å². The van der Waals surface area contributed by atoms with E-state index in [0.29, 0.717) is 6.54 Å². The molecule has 0 atom stereocenters. The van der Waals surface area contributed by atoms with Crippen molar-refractivity contribution in [1.29, 1.82) is 0 Å². The molecule has 0 aliphatic carbocycles. The average Bonchev–Trinajstić information content (AvgIpc) is 3.43.